The number of para-hydroxylation sites is 1. The van der Waals surface area contributed by atoms with Crippen molar-refractivity contribution in [2.24, 2.45) is 0 Å². The predicted molar refractivity (Wildman–Crippen MR) is 107 cm³/mol. The third-order valence-corrected chi connectivity index (χ3v) is 6.88. The second-order valence-electron chi connectivity index (χ2n) is 7.20. The maximum atomic E-state index is 12.9. The van der Waals surface area contributed by atoms with Crippen LogP contribution in [0.5, 0.6) is 5.75 Å². The standard InChI is InChI=1S/C21H24N2O4S/c1-27-19-7-3-2-5-15(19)10-11-22-28(25,26)18-13-16-6-4-12-23-20(24)9-8-17(14-18)21(16)23/h2-3,5,7,13-14,22H,4,6,8-12H2,1H3. The van der Waals surface area contributed by atoms with Crippen LogP contribution in [-0.4, -0.2) is 34.5 Å². The number of nitrogens with zero attached hydrogens (tertiary/aromatic N) is 1. The first-order valence-electron chi connectivity index (χ1n) is 9.57. The third kappa shape index (κ3) is 3.52. The van der Waals surface area contributed by atoms with E-state index in [0.717, 1.165) is 47.5 Å². The number of hydrogen-bond acceptors (Lipinski definition) is 4. The Labute approximate surface area is 165 Å². The summed E-state index contributed by atoms with van der Waals surface area (Å²) in [6.07, 6.45) is 3.25. The number of ether oxygens (including phenoxy) is 1. The summed E-state index contributed by atoms with van der Waals surface area (Å²) in [6, 6.07) is 11.1. The van der Waals surface area contributed by atoms with Crippen molar-refractivity contribution in [3.63, 3.8) is 0 Å². The molecule has 2 heterocycles. The minimum absolute atomic E-state index is 0.138. The lowest BCUT2D eigenvalue weighted by atomic mass is 9.92. The van der Waals surface area contributed by atoms with Crippen LogP contribution in [0.1, 0.15) is 29.5 Å². The minimum Gasteiger partial charge on any atom is -0.496 e. The first kappa shape index (κ1) is 19.0. The number of methoxy groups -OCH3 is 1. The first-order valence-corrected chi connectivity index (χ1v) is 11.1. The van der Waals surface area contributed by atoms with Gasteiger partial charge in [0.1, 0.15) is 5.75 Å². The summed E-state index contributed by atoms with van der Waals surface area (Å²) < 4.78 is 33.8. The van der Waals surface area contributed by atoms with Gasteiger partial charge in [-0.25, -0.2) is 13.1 Å². The van der Waals surface area contributed by atoms with Crippen molar-refractivity contribution in [2.75, 3.05) is 25.1 Å². The molecule has 0 aromatic heterocycles. The molecule has 2 aromatic carbocycles. The van der Waals surface area contributed by atoms with Crippen LogP contribution >= 0.6 is 0 Å². The third-order valence-electron chi connectivity index (χ3n) is 5.44. The smallest absolute Gasteiger partial charge is 0.240 e. The molecule has 148 valence electrons. The van der Waals surface area contributed by atoms with E-state index in [0.29, 0.717) is 25.8 Å². The van der Waals surface area contributed by atoms with Gasteiger partial charge in [0, 0.05) is 19.5 Å². The summed E-state index contributed by atoms with van der Waals surface area (Å²) in [4.78, 5) is 14.3. The molecule has 0 aliphatic carbocycles. The summed E-state index contributed by atoms with van der Waals surface area (Å²) in [7, 11) is -2.01. The summed E-state index contributed by atoms with van der Waals surface area (Å²) in [5.41, 5.74) is 3.82. The van der Waals surface area contributed by atoms with Crippen molar-refractivity contribution in [2.45, 2.75) is 37.0 Å². The molecule has 0 radical (unpaired) electrons. The molecule has 0 fully saturated rings. The number of carbonyl (C=O) groups excluding carboxylic acids is 1. The molecular weight excluding hydrogens is 376 g/mol. The summed E-state index contributed by atoms with van der Waals surface area (Å²) >= 11 is 0. The van der Waals surface area contributed by atoms with Crippen LogP contribution in [-0.2, 0) is 34.1 Å². The highest BCUT2D eigenvalue weighted by Crippen LogP contribution is 2.37. The number of anilines is 1. The molecule has 0 atom stereocenters. The van der Waals surface area contributed by atoms with E-state index in [9.17, 15) is 13.2 Å². The molecule has 28 heavy (non-hydrogen) atoms. The van der Waals surface area contributed by atoms with E-state index in [1.807, 2.05) is 29.2 Å². The predicted octanol–water partition coefficient (Wildman–Crippen LogP) is 2.44. The molecule has 7 heteroatoms. The van der Waals surface area contributed by atoms with Crippen LogP contribution in [0.25, 0.3) is 0 Å². The Kier molecular flexibility index (Phi) is 5.12. The fourth-order valence-electron chi connectivity index (χ4n) is 4.09. The Morgan fingerprint density at radius 1 is 1.11 bits per heavy atom. The van der Waals surface area contributed by atoms with E-state index in [1.54, 1.807) is 19.2 Å². The average molecular weight is 401 g/mol. The van der Waals surface area contributed by atoms with E-state index in [4.69, 9.17) is 4.74 Å². The minimum atomic E-state index is -3.62. The van der Waals surface area contributed by atoms with Crippen LogP contribution in [0, 0.1) is 0 Å². The molecule has 2 aromatic rings. The zero-order valence-electron chi connectivity index (χ0n) is 15.9. The van der Waals surface area contributed by atoms with Crippen molar-refractivity contribution in [1.29, 1.82) is 0 Å². The molecule has 1 amide bonds. The normalized spacial score (nSPS) is 16.0. The maximum Gasteiger partial charge on any atom is 0.240 e. The largest absolute Gasteiger partial charge is 0.496 e. The van der Waals surface area contributed by atoms with Crippen LogP contribution < -0.4 is 14.4 Å². The number of aryl methyl sites for hydroxylation is 2. The topological polar surface area (TPSA) is 75.7 Å². The van der Waals surface area contributed by atoms with E-state index in [1.165, 1.54) is 0 Å². The molecule has 0 saturated carbocycles. The zero-order valence-corrected chi connectivity index (χ0v) is 16.7. The van der Waals surface area contributed by atoms with Crippen molar-refractivity contribution in [1.82, 2.24) is 4.72 Å². The zero-order chi connectivity index (χ0) is 19.7. The van der Waals surface area contributed by atoms with Gasteiger partial charge < -0.3 is 9.64 Å². The maximum absolute atomic E-state index is 12.9. The average Bonchev–Trinajstić information content (AvgIpc) is 2.70. The summed E-state index contributed by atoms with van der Waals surface area (Å²) in [5.74, 6) is 0.892. The lowest BCUT2D eigenvalue weighted by molar-refractivity contribution is -0.119. The first-order chi connectivity index (χ1) is 13.5. The van der Waals surface area contributed by atoms with E-state index in [-0.39, 0.29) is 10.8 Å². The number of sulfonamides is 1. The van der Waals surface area contributed by atoms with Crippen molar-refractivity contribution >= 4 is 21.6 Å². The molecule has 2 aliphatic heterocycles. The highest BCUT2D eigenvalue weighted by molar-refractivity contribution is 7.89. The van der Waals surface area contributed by atoms with Gasteiger partial charge in [0.2, 0.25) is 15.9 Å². The number of carbonyl (C=O) groups is 1. The highest BCUT2D eigenvalue weighted by Gasteiger charge is 2.31. The molecule has 2 aliphatic rings. The van der Waals surface area contributed by atoms with E-state index >= 15 is 0 Å². The van der Waals surface area contributed by atoms with Crippen molar-refractivity contribution in [3.8, 4) is 5.75 Å². The van der Waals surface area contributed by atoms with Gasteiger partial charge in [-0.3, -0.25) is 4.79 Å². The number of nitrogens with one attached hydrogen (secondary N) is 1. The van der Waals surface area contributed by atoms with Gasteiger partial charge >= 0.3 is 0 Å². The fraction of sp³-hybridized carbons (Fsp3) is 0.381. The van der Waals surface area contributed by atoms with Gasteiger partial charge in [0.05, 0.1) is 17.7 Å². The number of benzene rings is 2. The van der Waals surface area contributed by atoms with Crippen LogP contribution in [0.15, 0.2) is 41.3 Å². The van der Waals surface area contributed by atoms with E-state index < -0.39 is 10.0 Å². The highest BCUT2D eigenvalue weighted by atomic mass is 32.2. The van der Waals surface area contributed by atoms with Crippen LogP contribution in [0.2, 0.25) is 0 Å². The van der Waals surface area contributed by atoms with Crippen LogP contribution in [0.3, 0.4) is 0 Å². The Hall–Kier alpha value is -2.38. The van der Waals surface area contributed by atoms with E-state index in [2.05, 4.69) is 4.72 Å². The molecule has 0 saturated heterocycles. The number of amides is 1. The molecule has 0 unspecified atom stereocenters. The molecule has 0 spiro atoms. The Morgan fingerprint density at radius 3 is 2.64 bits per heavy atom. The lowest BCUT2D eigenvalue weighted by Gasteiger charge is -2.35. The fourth-order valence-corrected chi connectivity index (χ4v) is 5.22. The molecule has 6 nitrogen and oxygen atoms in total. The van der Waals surface area contributed by atoms with Gasteiger partial charge in [-0.15, -0.1) is 0 Å². The quantitative estimate of drug-likeness (QED) is 0.808. The SMILES string of the molecule is COc1ccccc1CCNS(=O)(=O)c1cc2c3c(c1)CCC(=O)N3CCC2. The molecule has 1 N–H and O–H groups in total. The van der Waals surface area contributed by atoms with Gasteiger partial charge in [-0.1, -0.05) is 18.2 Å². The molecular formula is C21H24N2O4S. The summed E-state index contributed by atoms with van der Waals surface area (Å²) in [6.45, 7) is 1.02. The Bertz CT molecular complexity index is 1000. The van der Waals surface area contributed by atoms with Crippen molar-refractivity contribution in [3.05, 3.63) is 53.1 Å². The Morgan fingerprint density at radius 2 is 1.86 bits per heavy atom. The van der Waals surface area contributed by atoms with Gasteiger partial charge in [0.15, 0.2) is 0 Å². The monoisotopic (exact) mass is 400 g/mol. The van der Waals surface area contributed by atoms with Gasteiger partial charge in [-0.2, -0.15) is 0 Å². The Balaban J connectivity index is 1.54. The van der Waals surface area contributed by atoms with Gasteiger partial charge in [-0.05, 0) is 60.6 Å². The van der Waals surface area contributed by atoms with Crippen LogP contribution in [0.4, 0.5) is 5.69 Å². The second-order valence-corrected chi connectivity index (χ2v) is 8.97. The summed E-state index contributed by atoms with van der Waals surface area (Å²) in [5, 5.41) is 0. The molecule has 0 bridgehead atoms. The number of hydrogen-bond donors (Lipinski definition) is 1. The molecule has 4 rings (SSSR count). The van der Waals surface area contributed by atoms with Crippen molar-refractivity contribution < 1.29 is 17.9 Å². The van der Waals surface area contributed by atoms with Gasteiger partial charge in [0.25, 0.3) is 0 Å². The second kappa shape index (κ2) is 7.56. The lowest BCUT2D eigenvalue weighted by Crippen LogP contribution is -2.39. The number of rotatable bonds is 6.